The summed E-state index contributed by atoms with van der Waals surface area (Å²) in [5.41, 5.74) is 1.62. The molecule has 1 atom stereocenters. The van der Waals surface area contributed by atoms with Crippen LogP contribution in [0.3, 0.4) is 0 Å². The Morgan fingerprint density at radius 3 is 2.57 bits per heavy atom. The zero-order valence-electron chi connectivity index (χ0n) is 12.1. The second-order valence-electron chi connectivity index (χ2n) is 4.77. The van der Waals surface area contributed by atoms with Gasteiger partial charge in [0, 0.05) is 22.6 Å². The van der Waals surface area contributed by atoms with E-state index in [1.807, 2.05) is 37.6 Å². The SMILES string of the molecule is CCC(C(=O)O)c1c(C)sc(=Nc2ccc(Cl)cc2)n1C. The smallest absolute Gasteiger partial charge is 0.312 e. The highest BCUT2D eigenvalue weighted by molar-refractivity contribution is 7.09. The lowest BCUT2D eigenvalue weighted by molar-refractivity contribution is -0.139. The number of carbonyl (C=O) groups is 1. The van der Waals surface area contributed by atoms with Crippen molar-refractivity contribution in [1.29, 1.82) is 0 Å². The molecule has 0 fully saturated rings. The number of thiazole rings is 1. The Hall–Kier alpha value is -1.59. The first-order valence-corrected chi connectivity index (χ1v) is 7.83. The van der Waals surface area contributed by atoms with Gasteiger partial charge < -0.3 is 9.67 Å². The van der Waals surface area contributed by atoms with Gasteiger partial charge in [0.25, 0.3) is 0 Å². The summed E-state index contributed by atoms with van der Waals surface area (Å²) < 4.78 is 1.87. The van der Waals surface area contributed by atoms with Gasteiger partial charge in [0.05, 0.1) is 11.6 Å². The molecule has 0 bridgehead atoms. The Kier molecular flexibility index (Phi) is 4.85. The number of aromatic nitrogens is 1. The van der Waals surface area contributed by atoms with Crippen LogP contribution in [0.25, 0.3) is 0 Å². The first-order chi connectivity index (χ1) is 9.93. The minimum Gasteiger partial charge on any atom is -0.481 e. The molecule has 1 heterocycles. The van der Waals surface area contributed by atoms with Gasteiger partial charge in [-0.05, 0) is 37.6 Å². The molecule has 0 saturated carbocycles. The van der Waals surface area contributed by atoms with Crippen molar-refractivity contribution in [1.82, 2.24) is 4.57 Å². The number of hydrogen-bond acceptors (Lipinski definition) is 3. The highest BCUT2D eigenvalue weighted by Crippen LogP contribution is 2.25. The molecule has 1 unspecified atom stereocenters. The maximum Gasteiger partial charge on any atom is 0.312 e. The van der Waals surface area contributed by atoms with Gasteiger partial charge in [-0.1, -0.05) is 18.5 Å². The van der Waals surface area contributed by atoms with E-state index in [0.717, 1.165) is 21.1 Å². The molecular formula is C15H17ClN2O2S. The Morgan fingerprint density at radius 2 is 2.05 bits per heavy atom. The second-order valence-corrected chi connectivity index (χ2v) is 6.39. The van der Waals surface area contributed by atoms with Crippen LogP contribution in [0.2, 0.25) is 5.02 Å². The van der Waals surface area contributed by atoms with Crippen LogP contribution in [-0.2, 0) is 11.8 Å². The van der Waals surface area contributed by atoms with Gasteiger partial charge in [0.1, 0.15) is 0 Å². The minimum atomic E-state index is -0.799. The normalized spacial score (nSPS) is 13.4. The molecule has 21 heavy (non-hydrogen) atoms. The molecule has 2 rings (SSSR count). The Balaban J connectivity index is 2.52. The number of nitrogens with zero attached hydrogens (tertiary/aromatic N) is 2. The molecule has 0 radical (unpaired) electrons. The first kappa shape index (κ1) is 15.8. The minimum absolute atomic E-state index is 0.500. The number of carboxylic acids is 1. The number of aliphatic carboxylic acids is 1. The molecule has 0 aliphatic carbocycles. The van der Waals surface area contributed by atoms with Crippen LogP contribution in [-0.4, -0.2) is 15.6 Å². The van der Waals surface area contributed by atoms with Crippen molar-refractivity contribution in [3.05, 3.63) is 44.7 Å². The third-order valence-corrected chi connectivity index (χ3v) is 4.66. The van der Waals surface area contributed by atoms with Crippen molar-refractivity contribution >= 4 is 34.6 Å². The zero-order valence-corrected chi connectivity index (χ0v) is 13.7. The zero-order chi connectivity index (χ0) is 15.6. The Labute approximate surface area is 132 Å². The van der Waals surface area contributed by atoms with Crippen LogP contribution in [0, 0.1) is 6.92 Å². The molecule has 0 aliphatic rings. The average Bonchev–Trinajstić information content (AvgIpc) is 2.70. The summed E-state index contributed by atoms with van der Waals surface area (Å²) in [4.78, 5) is 17.7. The number of carboxylic acid groups (broad SMARTS) is 1. The van der Waals surface area contributed by atoms with Gasteiger partial charge in [0.2, 0.25) is 0 Å². The van der Waals surface area contributed by atoms with Crippen molar-refractivity contribution in [3.63, 3.8) is 0 Å². The Bertz CT molecular complexity index is 716. The molecule has 112 valence electrons. The predicted molar refractivity (Wildman–Crippen MR) is 85.4 cm³/mol. The number of benzene rings is 1. The van der Waals surface area contributed by atoms with Crippen LogP contribution < -0.4 is 4.80 Å². The van der Waals surface area contributed by atoms with Crippen molar-refractivity contribution in [2.45, 2.75) is 26.2 Å². The summed E-state index contributed by atoms with van der Waals surface area (Å²) in [7, 11) is 1.86. The van der Waals surface area contributed by atoms with E-state index in [2.05, 4.69) is 4.99 Å². The van der Waals surface area contributed by atoms with Crippen LogP contribution in [0.4, 0.5) is 5.69 Å². The molecule has 1 aromatic carbocycles. The number of hydrogen-bond donors (Lipinski definition) is 1. The highest BCUT2D eigenvalue weighted by atomic mass is 35.5. The predicted octanol–water partition coefficient (Wildman–Crippen LogP) is 3.86. The molecular weight excluding hydrogens is 308 g/mol. The summed E-state index contributed by atoms with van der Waals surface area (Å²) in [5.74, 6) is -1.30. The fraction of sp³-hybridized carbons (Fsp3) is 0.333. The maximum absolute atomic E-state index is 11.4. The monoisotopic (exact) mass is 324 g/mol. The fourth-order valence-electron chi connectivity index (χ4n) is 2.28. The van der Waals surface area contributed by atoms with Gasteiger partial charge in [-0.25, -0.2) is 4.99 Å². The first-order valence-electron chi connectivity index (χ1n) is 6.63. The molecule has 0 saturated heterocycles. The highest BCUT2D eigenvalue weighted by Gasteiger charge is 2.23. The van der Waals surface area contributed by atoms with Gasteiger partial charge in [-0.3, -0.25) is 4.79 Å². The van der Waals surface area contributed by atoms with E-state index < -0.39 is 11.9 Å². The molecule has 1 aromatic heterocycles. The third-order valence-electron chi connectivity index (χ3n) is 3.34. The molecule has 4 nitrogen and oxygen atoms in total. The van der Waals surface area contributed by atoms with E-state index in [9.17, 15) is 9.90 Å². The number of aryl methyl sites for hydroxylation is 1. The second kappa shape index (κ2) is 6.45. The molecule has 0 aliphatic heterocycles. The van der Waals surface area contributed by atoms with Gasteiger partial charge in [-0.15, -0.1) is 11.3 Å². The maximum atomic E-state index is 11.4. The van der Waals surface area contributed by atoms with E-state index >= 15 is 0 Å². The van der Waals surface area contributed by atoms with Crippen molar-refractivity contribution < 1.29 is 9.90 Å². The summed E-state index contributed by atoms with van der Waals surface area (Å²) in [6.45, 7) is 3.82. The number of halogens is 1. The largest absolute Gasteiger partial charge is 0.481 e. The lowest BCUT2D eigenvalue weighted by atomic mass is 10.0. The summed E-state index contributed by atoms with van der Waals surface area (Å²) in [5, 5.41) is 10.0. The van der Waals surface area contributed by atoms with Gasteiger partial charge >= 0.3 is 5.97 Å². The van der Waals surface area contributed by atoms with Crippen LogP contribution in [0.15, 0.2) is 29.3 Å². The quantitative estimate of drug-likeness (QED) is 0.928. The van der Waals surface area contributed by atoms with Crippen LogP contribution in [0.1, 0.15) is 29.8 Å². The lowest BCUT2D eigenvalue weighted by Crippen LogP contribution is -2.20. The third kappa shape index (κ3) is 3.36. The van der Waals surface area contributed by atoms with Crippen molar-refractivity contribution in [2.24, 2.45) is 12.0 Å². The molecule has 0 spiro atoms. The molecule has 6 heteroatoms. The lowest BCUT2D eigenvalue weighted by Gasteiger charge is -2.11. The van der Waals surface area contributed by atoms with E-state index in [-0.39, 0.29) is 0 Å². The fourth-order valence-corrected chi connectivity index (χ4v) is 3.45. The average molecular weight is 325 g/mol. The van der Waals surface area contributed by atoms with Crippen molar-refractivity contribution in [3.8, 4) is 0 Å². The molecule has 2 aromatic rings. The summed E-state index contributed by atoms with van der Waals surface area (Å²) >= 11 is 7.36. The van der Waals surface area contributed by atoms with E-state index in [1.165, 1.54) is 11.3 Å². The van der Waals surface area contributed by atoms with E-state index in [4.69, 9.17) is 11.6 Å². The Morgan fingerprint density at radius 1 is 1.43 bits per heavy atom. The molecule has 0 amide bonds. The van der Waals surface area contributed by atoms with Crippen LogP contribution in [0.5, 0.6) is 0 Å². The topological polar surface area (TPSA) is 54.6 Å². The van der Waals surface area contributed by atoms with E-state index in [0.29, 0.717) is 11.4 Å². The van der Waals surface area contributed by atoms with Gasteiger partial charge in [-0.2, -0.15) is 0 Å². The summed E-state index contributed by atoms with van der Waals surface area (Å²) in [6, 6.07) is 7.25. The van der Waals surface area contributed by atoms with Crippen LogP contribution >= 0.6 is 22.9 Å². The van der Waals surface area contributed by atoms with E-state index in [1.54, 1.807) is 12.1 Å². The standard InChI is InChI=1S/C15H17ClN2O2S/c1-4-12(14(19)20)13-9(2)21-15(18(13)3)17-11-7-5-10(16)6-8-11/h5-8,12H,4H2,1-3H3,(H,19,20). The van der Waals surface area contributed by atoms with Gasteiger partial charge in [0.15, 0.2) is 4.80 Å². The summed E-state index contributed by atoms with van der Waals surface area (Å²) in [6.07, 6.45) is 0.557. The number of rotatable bonds is 4. The molecule has 1 N–H and O–H groups in total. The van der Waals surface area contributed by atoms with Crippen molar-refractivity contribution in [2.75, 3.05) is 0 Å².